The maximum absolute atomic E-state index is 6.29. The van der Waals surface area contributed by atoms with Gasteiger partial charge in [0.1, 0.15) is 0 Å². The molecule has 98 valence electrons. The fraction of sp³-hybridized carbons (Fsp3) is 0.571. The molecule has 1 aromatic rings. The van der Waals surface area contributed by atoms with Crippen LogP contribution in [0.4, 0.5) is 0 Å². The fourth-order valence-corrected chi connectivity index (χ4v) is 2.32. The Hall–Kier alpha value is -0.930. The van der Waals surface area contributed by atoms with E-state index in [1.807, 2.05) is 12.1 Å². The normalized spacial score (nSPS) is 20.6. The van der Waals surface area contributed by atoms with Gasteiger partial charge < -0.3 is 15.2 Å². The van der Waals surface area contributed by atoms with Crippen LogP contribution in [0.2, 0.25) is 5.02 Å². The standard InChI is InChI=1S/C14H18ClNO2/c1-17-12-7-10(14(16)4-5-14)6-11(15)13(12)18-8-9-2-3-9/h6-7,9H,2-5,8,16H2,1H3. The van der Waals surface area contributed by atoms with Gasteiger partial charge in [0.25, 0.3) is 0 Å². The van der Waals surface area contributed by atoms with E-state index in [1.165, 1.54) is 12.8 Å². The molecule has 0 amide bonds. The molecule has 2 aliphatic carbocycles. The highest BCUT2D eigenvalue weighted by atomic mass is 35.5. The molecule has 0 heterocycles. The second kappa shape index (κ2) is 4.32. The van der Waals surface area contributed by atoms with Gasteiger partial charge in [0.2, 0.25) is 0 Å². The maximum Gasteiger partial charge on any atom is 0.179 e. The zero-order valence-corrected chi connectivity index (χ0v) is 11.3. The van der Waals surface area contributed by atoms with Crippen LogP contribution in [0.25, 0.3) is 0 Å². The van der Waals surface area contributed by atoms with Crippen LogP contribution >= 0.6 is 11.6 Å². The van der Waals surface area contributed by atoms with Gasteiger partial charge in [-0.05, 0) is 49.3 Å². The lowest BCUT2D eigenvalue weighted by atomic mass is 10.1. The summed E-state index contributed by atoms with van der Waals surface area (Å²) in [6, 6.07) is 3.88. The summed E-state index contributed by atoms with van der Waals surface area (Å²) in [5.41, 5.74) is 7.03. The summed E-state index contributed by atoms with van der Waals surface area (Å²) >= 11 is 6.29. The Morgan fingerprint density at radius 2 is 2.11 bits per heavy atom. The molecule has 18 heavy (non-hydrogen) atoms. The van der Waals surface area contributed by atoms with E-state index in [-0.39, 0.29) is 5.54 Å². The molecule has 2 fully saturated rings. The minimum Gasteiger partial charge on any atom is -0.493 e. The van der Waals surface area contributed by atoms with Crippen LogP contribution in [0.5, 0.6) is 11.5 Å². The van der Waals surface area contributed by atoms with Gasteiger partial charge in [-0.15, -0.1) is 0 Å². The summed E-state index contributed by atoms with van der Waals surface area (Å²) in [4.78, 5) is 0. The van der Waals surface area contributed by atoms with Crippen molar-refractivity contribution in [2.75, 3.05) is 13.7 Å². The molecule has 0 bridgehead atoms. The highest BCUT2D eigenvalue weighted by Crippen LogP contribution is 2.47. The van der Waals surface area contributed by atoms with E-state index in [0.29, 0.717) is 22.4 Å². The zero-order chi connectivity index (χ0) is 12.8. The van der Waals surface area contributed by atoms with Crippen molar-refractivity contribution in [1.29, 1.82) is 0 Å². The second-order valence-electron chi connectivity index (χ2n) is 5.40. The summed E-state index contributed by atoms with van der Waals surface area (Å²) < 4.78 is 11.2. The number of hydrogen-bond donors (Lipinski definition) is 1. The average molecular weight is 268 g/mol. The summed E-state index contributed by atoms with van der Waals surface area (Å²) in [6.07, 6.45) is 4.53. The third-order valence-corrected chi connectivity index (χ3v) is 4.03. The third-order valence-electron chi connectivity index (χ3n) is 3.75. The zero-order valence-electron chi connectivity index (χ0n) is 10.5. The van der Waals surface area contributed by atoms with E-state index in [1.54, 1.807) is 7.11 Å². The molecule has 2 N–H and O–H groups in total. The van der Waals surface area contributed by atoms with Gasteiger partial charge in [0.05, 0.1) is 18.7 Å². The molecule has 0 saturated heterocycles. The third kappa shape index (κ3) is 2.29. The Balaban J connectivity index is 1.87. The Kier molecular flexibility index (Phi) is 2.91. The predicted octanol–water partition coefficient (Wildman–Crippen LogP) is 3.09. The molecule has 3 rings (SSSR count). The van der Waals surface area contributed by atoms with Gasteiger partial charge in [0, 0.05) is 5.54 Å². The van der Waals surface area contributed by atoms with E-state index in [9.17, 15) is 0 Å². The molecule has 2 aliphatic rings. The van der Waals surface area contributed by atoms with Crippen LogP contribution < -0.4 is 15.2 Å². The number of halogens is 1. The Labute approximate surface area is 112 Å². The van der Waals surface area contributed by atoms with Crippen LogP contribution in [-0.2, 0) is 5.54 Å². The average Bonchev–Trinajstić information content (AvgIpc) is 3.24. The van der Waals surface area contributed by atoms with Crippen molar-refractivity contribution in [3.8, 4) is 11.5 Å². The van der Waals surface area contributed by atoms with E-state index in [2.05, 4.69) is 0 Å². The molecule has 2 saturated carbocycles. The number of hydrogen-bond acceptors (Lipinski definition) is 3. The van der Waals surface area contributed by atoms with E-state index in [4.69, 9.17) is 26.8 Å². The predicted molar refractivity (Wildman–Crippen MR) is 71.3 cm³/mol. The lowest BCUT2D eigenvalue weighted by Gasteiger charge is -2.16. The summed E-state index contributed by atoms with van der Waals surface area (Å²) in [6.45, 7) is 0.725. The van der Waals surface area contributed by atoms with E-state index in [0.717, 1.165) is 25.0 Å². The number of methoxy groups -OCH3 is 1. The minimum absolute atomic E-state index is 0.202. The van der Waals surface area contributed by atoms with Crippen molar-refractivity contribution in [2.45, 2.75) is 31.2 Å². The number of ether oxygens (including phenoxy) is 2. The fourth-order valence-electron chi connectivity index (χ4n) is 2.06. The molecule has 0 atom stereocenters. The van der Waals surface area contributed by atoms with E-state index < -0.39 is 0 Å². The molecule has 4 heteroatoms. The van der Waals surface area contributed by atoms with Gasteiger partial charge in [0.15, 0.2) is 11.5 Å². The first kappa shape index (κ1) is 12.1. The topological polar surface area (TPSA) is 44.5 Å². The van der Waals surface area contributed by atoms with E-state index >= 15 is 0 Å². The van der Waals surface area contributed by atoms with Crippen molar-refractivity contribution in [3.63, 3.8) is 0 Å². The highest BCUT2D eigenvalue weighted by Gasteiger charge is 2.41. The minimum atomic E-state index is -0.202. The molecular weight excluding hydrogens is 250 g/mol. The van der Waals surface area contributed by atoms with Gasteiger partial charge in [-0.3, -0.25) is 0 Å². The van der Waals surface area contributed by atoms with Crippen molar-refractivity contribution in [3.05, 3.63) is 22.7 Å². The quantitative estimate of drug-likeness (QED) is 0.892. The molecule has 0 unspecified atom stereocenters. The van der Waals surface area contributed by atoms with Gasteiger partial charge in [-0.1, -0.05) is 11.6 Å². The SMILES string of the molecule is COc1cc(C2(N)CC2)cc(Cl)c1OCC1CC1. The highest BCUT2D eigenvalue weighted by molar-refractivity contribution is 6.32. The van der Waals surface area contributed by atoms with Crippen molar-refractivity contribution in [1.82, 2.24) is 0 Å². The van der Waals surface area contributed by atoms with Crippen LogP contribution in [-0.4, -0.2) is 13.7 Å². The Bertz CT molecular complexity index is 467. The molecule has 1 aromatic carbocycles. The molecular formula is C14H18ClNO2. The first-order valence-corrected chi connectivity index (χ1v) is 6.80. The summed E-state index contributed by atoms with van der Waals surface area (Å²) in [7, 11) is 1.63. The number of nitrogens with two attached hydrogens (primary N) is 1. The largest absolute Gasteiger partial charge is 0.493 e. The lowest BCUT2D eigenvalue weighted by molar-refractivity contribution is 0.280. The van der Waals surface area contributed by atoms with Crippen LogP contribution in [0, 0.1) is 5.92 Å². The van der Waals surface area contributed by atoms with Crippen molar-refractivity contribution < 1.29 is 9.47 Å². The maximum atomic E-state index is 6.29. The first-order chi connectivity index (χ1) is 8.62. The summed E-state index contributed by atoms with van der Waals surface area (Å²) in [5, 5.41) is 0.599. The second-order valence-corrected chi connectivity index (χ2v) is 5.81. The summed E-state index contributed by atoms with van der Waals surface area (Å²) in [5.74, 6) is 2.03. The lowest BCUT2D eigenvalue weighted by Crippen LogP contribution is -2.18. The molecule has 3 nitrogen and oxygen atoms in total. The molecule has 0 spiro atoms. The Morgan fingerprint density at radius 1 is 1.39 bits per heavy atom. The van der Waals surface area contributed by atoms with Crippen LogP contribution in [0.1, 0.15) is 31.2 Å². The Morgan fingerprint density at radius 3 is 2.67 bits per heavy atom. The monoisotopic (exact) mass is 267 g/mol. The number of rotatable bonds is 5. The van der Waals surface area contributed by atoms with Crippen molar-refractivity contribution >= 4 is 11.6 Å². The molecule has 0 aromatic heterocycles. The smallest absolute Gasteiger partial charge is 0.179 e. The number of benzene rings is 1. The molecule has 0 radical (unpaired) electrons. The van der Waals surface area contributed by atoms with Crippen molar-refractivity contribution in [2.24, 2.45) is 11.7 Å². The van der Waals surface area contributed by atoms with Gasteiger partial charge in [-0.2, -0.15) is 0 Å². The van der Waals surface area contributed by atoms with Gasteiger partial charge in [-0.25, -0.2) is 0 Å². The van der Waals surface area contributed by atoms with Crippen LogP contribution in [0.3, 0.4) is 0 Å². The van der Waals surface area contributed by atoms with Crippen LogP contribution in [0.15, 0.2) is 12.1 Å². The van der Waals surface area contributed by atoms with Gasteiger partial charge >= 0.3 is 0 Å². The molecule has 0 aliphatic heterocycles. The first-order valence-electron chi connectivity index (χ1n) is 6.42.